The third kappa shape index (κ3) is 4.84. The number of hydrogen-bond acceptors (Lipinski definition) is 4. The largest absolute Gasteiger partial charge is 0.497 e. The van der Waals surface area contributed by atoms with Crippen LogP contribution >= 0.6 is 12.2 Å². The Balaban J connectivity index is 1.45. The summed E-state index contributed by atoms with van der Waals surface area (Å²) < 4.78 is 7.19. The van der Waals surface area contributed by atoms with Gasteiger partial charge >= 0.3 is 0 Å². The first kappa shape index (κ1) is 21.6. The van der Waals surface area contributed by atoms with E-state index >= 15 is 0 Å². The molecule has 1 aliphatic carbocycles. The number of aromatic amines is 2. The Kier molecular flexibility index (Phi) is 6.75. The van der Waals surface area contributed by atoms with E-state index in [-0.39, 0.29) is 17.5 Å². The fourth-order valence-electron chi connectivity index (χ4n) is 4.49. The predicted octanol–water partition coefficient (Wildman–Crippen LogP) is 4.56. The summed E-state index contributed by atoms with van der Waals surface area (Å²) in [7, 11) is 1.61. The van der Waals surface area contributed by atoms with Crippen molar-refractivity contribution in [1.29, 1.82) is 0 Å². The number of amides is 1. The lowest BCUT2D eigenvalue weighted by molar-refractivity contribution is -0.122. The van der Waals surface area contributed by atoms with Gasteiger partial charge in [0.25, 0.3) is 5.56 Å². The molecule has 0 unspecified atom stereocenters. The van der Waals surface area contributed by atoms with E-state index in [0.29, 0.717) is 40.9 Å². The lowest BCUT2D eigenvalue weighted by Crippen LogP contribution is -2.35. The van der Waals surface area contributed by atoms with Crippen molar-refractivity contribution in [3.63, 3.8) is 0 Å². The highest BCUT2D eigenvalue weighted by atomic mass is 32.1. The molecule has 1 fully saturated rings. The Labute approximate surface area is 186 Å². The van der Waals surface area contributed by atoms with Crippen LogP contribution in [0.5, 0.6) is 5.75 Å². The Morgan fingerprint density at radius 2 is 1.90 bits per heavy atom. The van der Waals surface area contributed by atoms with Crippen LogP contribution in [-0.4, -0.2) is 33.6 Å². The summed E-state index contributed by atoms with van der Waals surface area (Å²) in [5.74, 6) is 0.777. The maximum absolute atomic E-state index is 13.0. The molecule has 166 valence electrons. The number of ether oxygens (including phenoxy) is 1. The minimum absolute atomic E-state index is 0.0623. The van der Waals surface area contributed by atoms with Gasteiger partial charge in [0.2, 0.25) is 5.91 Å². The zero-order chi connectivity index (χ0) is 21.8. The summed E-state index contributed by atoms with van der Waals surface area (Å²) in [5.41, 5.74) is 1.84. The van der Waals surface area contributed by atoms with Gasteiger partial charge in [-0.25, -0.2) is 0 Å². The third-order valence-electron chi connectivity index (χ3n) is 6.20. The Bertz CT molecular complexity index is 1190. The zero-order valence-corrected chi connectivity index (χ0v) is 18.8. The SMILES string of the molecule is COc1ccc2[nH]c3c(=O)n(CCCC(=O)NC4CCCCCCC4)c(=S)[nH]c3c2c1. The van der Waals surface area contributed by atoms with Gasteiger partial charge in [0.15, 0.2) is 4.77 Å². The van der Waals surface area contributed by atoms with Crippen LogP contribution in [0, 0.1) is 4.77 Å². The van der Waals surface area contributed by atoms with E-state index < -0.39 is 0 Å². The number of carbonyl (C=O) groups is 1. The van der Waals surface area contributed by atoms with Crippen LogP contribution in [-0.2, 0) is 11.3 Å². The first-order valence-corrected chi connectivity index (χ1v) is 11.6. The van der Waals surface area contributed by atoms with Gasteiger partial charge in [-0.15, -0.1) is 0 Å². The molecule has 4 rings (SSSR count). The Morgan fingerprint density at radius 1 is 1.16 bits per heavy atom. The van der Waals surface area contributed by atoms with Crippen molar-refractivity contribution in [2.75, 3.05) is 7.11 Å². The van der Waals surface area contributed by atoms with E-state index in [2.05, 4.69) is 15.3 Å². The van der Waals surface area contributed by atoms with Crippen molar-refractivity contribution in [3.05, 3.63) is 33.3 Å². The van der Waals surface area contributed by atoms with E-state index in [1.54, 1.807) is 7.11 Å². The number of benzene rings is 1. The molecular weight excluding hydrogens is 412 g/mol. The van der Waals surface area contributed by atoms with Crippen molar-refractivity contribution in [1.82, 2.24) is 19.9 Å². The first-order chi connectivity index (χ1) is 15.1. The van der Waals surface area contributed by atoms with E-state index in [0.717, 1.165) is 23.7 Å². The Morgan fingerprint density at radius 3 is 2.65 bits per heavy atom. The van der Waals surface area contributed by atoms with Crippen LogP contribution in [0.4, 0.5) is 0 Å². The number of hydrogen-bond donors (Lipinski definition) is 3. The molecule has 0 aliphatic heterocycles. The second kappa shape index (κ2) is 9.68. The molecule has 0 atom stereocenters. The van der Waals surface area contributed by atoms with Crippen molar-refractivity contribution >= 4 is 40.1 Å². The molecule has 0 saturated heterocycles. The Hall–Kier alpha value is -2.61. The van der Waals surface area contributed by atoms with Crippen LogP contribution in [0.15, 0.2) is 23.0 Å². The summed E-state index contributed by atoms with van der Waals surface area (Å²) in [6.07, 6.45) is 9.29. The molecule has 1 aliphatic rings. The van der Waals surface area contributed by atoms with Gasteiger partial charge in [-0.2, -0.15) is 0 Å². The average Bonchev–Trinajstić information content (AvgIpc) is 3.10. The third-order valence-corrected chi connectivity index (χ3v) is 6.52. The molecule has 7 nitrogen and oxygen atoms in total. The molecule has 1 aromatic carbocycles. The summed E-state index contributed by atoms with van der Waals surface area (Å²) in [6.45, 7) is 0.404. The molecule has 0 spiro atoms. The van der Waals surface area contributed by atoms with Crippen molar-refractivity contribution < 1.29 is 9.53 Å². The molecule has 0 bridgehead atoms. The number of aromatic nitrogens is 3. The number of H-pyrrole nitrogens is 2. The molecule has 3 aromatic rings. The fourth-order valence-corrected chi connectivity index (χ4v) is 4.77. The van der Waals surface area contributed by atoms with Crippen LogP contribution in [0.25, 0.3) is 21.9 Å². The molecule has 1 amide bonds. The van der Waals surface area contributed by atoms with Gasteiger partial charge in [-0.3, -0.25) is 14.2 Å². The van der Waals surface area contributed by atoms with Crippen molar-refractivity contribution in [3.8, 4) is 5.75 Å². The minimum atomic E-state index is -0.172. The van der Waals surface area contributed by atoms with Gasteiger partial charge in [0, 0.05) is 29.9 Å². The highest BCUT2D eigenvalue weighted by molar-refractivity contribution is 7.71. The van der Waals surface area contributed by atoms with Gasteiger partial charge in [0.1, 0.15) is 11.3 Å². The van der Waals surface area contributed by atoms with Crippen LogP contribution in [0.2, 0.25) is 0 Å². The summed E-state index contributed by atoms with van der Waals surface area (Å²) in [6, 6.07) is 5.90. The number of nitrogens with zero attached hydrogens (tertiary/aromatic N) is 1. The highest BCUT2D eigenvalue weighted by Crippen LogP contribution is 2.26. The number of methoxy groups -OCH3 is 1. The molecule has 0 radical (unpaired) electrons. The molecular formula is C23H30N4O3S. The lowest BCUT2D eigenvalue weighted by Gasteiger charge is -2.21. The number of rotatable bonds is 6. The van der Waals surface area contributed by atoms with Crippen LogP contribution in [0.1, 0.15) is 57.8 Å². The van der Waals surface area contributed by atoms with Gasteiger partial charge in [-0.05, 0) is 49.7 Å². The molecule has 2 aromatic heterocycles. The van der Waals surface area contributed by atoms with Gasteiger partial charge in [0.05, 0.1) is 12.6 Å². The quantitative estimate of drug-likeness (QED) is 0.488. The number of carbonyl (C=O) groups excluding carboxylic acids is 1. The highest BCUT2D eigenvalue weighted by Gasteiger charge is 2.15. The molecule has 2 heterocycles. The normalized spacial score (nSPS) is 15.6. The standard InChI is InChI=1S/C23H30N4O3S/c1-30-16-11-12-18-17(14-16)20-21(25-18)22(29)27(23(31)26-20)13-7-10-19(28)24-15-8-5-3-2-4-6-9-15/h11-12,14-15,25H,2-10,13H2,1H3,(H,24,28)(H,26,31). The van der Waals surface area contributed by atoms with Gasteiger partial charge < -0.3 is 20.0 Å². The summed E-state index contributed by atoms with van der Waals surface area (Å²) >= 11 is 5.46. The van der Waals surface area contributed by atoms with E-state index in [4.69, 9.17) is 17.0 Å². The van der Waals surface area contributed by atoms with E-state index in [9.17, 15) is 9.59 Å². The van der Waals surface area contributed by atoms with Crippen LogP contribution < -0.4 is 15.6 Å². The van der Waals surface area contributed by atoms with Gasteiger partial charge in [-0.1, -0.05) is 32.1 Å². The van der Waals surface area contributed by atoms with Crippen molar-refractivity contribution in [2.45, 2.75) is 70.4 Å². The smallest absolute Gasteiger partial charge is 0.278 e. The summed E-state index contributed by atoms with van der Waals surface area (Å²) in [4.78, 5) is 31.8. The monoisotopic (exact) mass is 442 g/mol. The fraction of sp³-hybridized carbons (Fsp3) is 0.522. The van der Waals surface area contributed by atoms with Crippen LogP contribution in [0.3, 0.4) is 0 Å². The first-order valence-electron chi connectivity index (χ1n) is 11.2. The molecule has 1 saturated carbocycles. The topological polar surface area (TPSA) is 91.9 Å². The number of fused-ring (bicyclic) bond motifs is 3. The van der Waals surface area contributed by atoms with E-state index in [1.807, 2.05) is 18.2 Å². The lowest BCUT2D eigenvalue weighted by atomic mass is 9.96. The number of nitrogens with one attached hydrogen (secondary N) is 3. The summed E-state index contributed by atoms with van der Waals surface area (Å²) in [5, 5.41) is 4.05. The second-order valence-corrected chi connectivity index (χ2v) is 8.77. The maximum Gasteiger partial charge on any atom is 0.278 e. The van der Waals surface area contributed by atoms with Crippen molar-refractivity contribution in [2.24, 2.45) is 0 Å². The zero-order valence-electron chi connectivity index (χ0n) is 18.0. The molecule has 8 heteroatoms. The average molecular weight is 443 g/mol. The van der Waals surface area contributed by atoms with E-state index in [1.165, 1.54) is 36.7 Å². The predicted molar refractivity (Wildman–Crippen MR) is 125 cm³/mol. The minimum Gasteiger partial charge on any atom is -0.497 e. The molecule has 31 heavy (non-hydrogen) atoms. The molecule has 3 N–H and O–H groups in total. The second-order valence-electron chi connectivity index (χ2n) is 8.39. The maximum atomic E-state index is 13.0.